The number of rotatable bonds is 4. The van der Waals surface area contributed by atoms with Crippen molar-refractivity contribution in [2.45, 2.75) is 19.6 Å². The van der Waals surface area contributed by atoms with Crippen molar-refractivity contribution in [1.29, 1.82) is 0 Å². The lowest BCUT2D eigenvalue weighted by atomic mass is 9.85. The van der Waals surface area contributed by atoms with E-state index in [0.29, 0.717) is 13.1 Å². The zero-order valence-corrected chi connectivity index (χ0v) is 17.0. The van der Waals surface area contributed by atoms with Gasteiger partial charge in [-0.2, -0.15) is 0 Å². The molecule has 0 atom stereocenters. The highest BCUT2D eigenvalue weighted by molar-refractivity contribution is 6.42. The Kier molecular flexibility index (Phi) is 5.18. The molecule has 0 aliphatic carbocycles. The summed E-state index contributed by atoms with van der Waals surface area (Å²) in [5, 5.41) is 19.1. The van der Waals surface area contributed by atoms with Gasteiger partial charge in [-0.05, 0) is 24.5 Å². The molecule has 2 radical (unpaired) electrons. The maximum Gasteiger partial charge on any atom is 0.341 e. The number of nitrogens with two attached hydrogens (primary N) is 2. The summed E-state index contributed by atoms with van der Waals surface area (Å²) in [7, 11) is 6.34. The van der Waals surface area contributed by atoms with E-state index >= 15 is 4.39 Å². The molecule has 164 valence electrons. The summed E-state index contributed by atoms with van der Waals surface area (Å²) in [5.74, 6) is -3.08. The third-order valence-electron chi connectivity index (χ3n) is 5.71. The Morgan fingerprint density at radius 1 is 1.31 bits per heavy atom. The van der Waals surface area contributed by atoms with Crippen LogP contribution in [0.25, 0.3) is 16.6 Å². The molecule has 0 unspecified atom stereocenters. The number of halogens is 2. The van der Waals surface area contributed by atoms with Gasteiger partial charge < -0.3 is 31.1 Å². The number of carboxylic acids is 1. The number of aromatic carboxylic acids is 1. The second-order valence-electron chi connectivity index (χ2n) is 7.80. The highest BCUT2D eigenvalue weighted by atomic mass is 19.1. The minimum absolute atomic E-state index is 0.0232. The molecule has 0 bridgehead atoms. The second-order valence-corrected chi connectivity index (χ2v) is 7.80. The number of nitrogens with zero attached hydrogens (tertiary/aromatic N) is 2. The number of pyridine rings is 1. The molecule has 0 amide bonds. The van der Waals surface area contributed by atoms with Crippen LogP contribution in [0.15, 0.2) is 23.1 Å². The molecular weight excluding hydrogens is 421 g/mol. The molecule has 8 nitrogen and oxygen atoms in total. The Labute approximate surface area is 182 Å². The predicted octanol–water partition coefficient (Wildman–Crippen LogP) is 0.291. The van der Waals surface area contributed by atoms with Crippen LogP contribution in [0.4, 0.5) is 20.2 Å². The van der Waals surface area contributed by atoms with Gasteiger partial charge in [-0.15, -0.1) is 0 Å². The molecule has 0 saturated carbocycles. The first kappa shape index (κ1) is 21.8. The Morgan fingerprint density at radius 2 is 1.97 bits per heavy atom. The number of fused-ring (bicyclic) bond motifs is 1. The van der Waals surface area contributed by atoms with Crippen molar-refractivity contribution in [3.63, 3.8) is 0 Å². The van der Waals surface area contributed by atoms with E-state index in [9.17, 15) is 24.2 Å². The number of hydrogen-bond donors (Lipinski definition) is 4. The summed E-state index contributed by atoms with van der Waals surface area (Å²) in [5.41, 5.74) is 9.71. The fourth-order valence-corrected chi connectivity index (χ4v) is 4.06. The van der Waals surface area contributed by atoms with Gasteiger partial charge in [-0.1, -0.05) is 0 Å². The second kappa shape index (κ2) is 7.61. The largest absolute Gasteiger partial charge is 0.477 e. The lowest BCUT2D eigenvalue weighted by molar-refractivity contribution is 0.0695. The van der Waals surface area contributed by atoms with Crippen LogP contribution in [0.2, 0.25) is 0 Å². The van der Waals surface area contributed by atoms with Crippen molar-refractivity contribution in [2.24, 2.45) is 5.73 Å². The average molecular weight is 440 g/mol. The van der Waals surface area contributed by atoms with Gasteiger partial charge >= 0.3 is 5.97 Å². The normalized spacial score (nSPS) is 14.1. The van der Waals surface area contributed by atoms with E-state index in [0.717, 1.165) is 12.3 Å². The van der Waals surface area contributed by atoms with Crippen LogP contribution in [0, 0.1) is 18.6 Å². The van der Waals surface area contributed by atoms with Crippen molar-refractivity contribution < 1.29 is 23.8 Å². The number of carboxylic acid groups (broad SMARTS) is 1. The Bertz CT molecular complexity index is 1350. The van der Waals surface area contributed by atoms with Gasteiger partial charge in [0.15, 0.2) is 0 Å². The number of aliphatic hydroxyl groups excluding tert-OH is 1. The molecule has 1 aromatic heterocycles. The molecule has 1 aliphatic heterocycles. The number of aryl methyl sites for hydroxylation is 1. The molecule has 1 fully saturated rings. The van der Waals surface area contributed by atoms with E-state index in [2.05, 4.69) is 0 Å². The molecule has 32 heavy (non-hydrogen) atoms. The van der Waals surface area contributed by atoms with Gasteiger partial charge in [0.05, 0.1) is 34.6 Å². The van der Waals surface area contributed by atoms with Gasteiger partial charge in [0.1, 0.15) is 25.0 Å². The number of aromatic nitrogens is 1. The summed E-state index contributed by atoms with van der Waals surface area (Å²) >= 11 is 0. The number of aliphatic hydroxyl groups is 1. The molecule has 2 aromatic carbocycles. The van der Waals surface area contributed by atoms with Crippen LogP contribution < -0.4 is 27.3 Å². The first-order valence-corrected chi connectivity index (χ1v) is 9.66. The standard InChI is InChI=1S/C21H19BF2N4O4/c1-8-15-18(16(22)19(17(8)24)27-4-10(25)5-27)28(6-11(20(15)30)21(31)32)14-3-13(26)12(23)2-9(14)7-29/h2-3,6,10,29H,4-5,7,25-26H2,1H3,(H,31,32). The van der Waals surface area contributed by atoms with E-state index in [1.807, 2.05) is 0 Å². The minimum Gasteiger partial charge on any atom is -0.477 e. The molecule has 0 spiro atoms. The van der Waals surface area contributed by atoms with E-state index in [1.54, 1.807) is 4.90 Å². The summed E-state index contributed by atoms with van der Waals surface area (Å²) in [6.07, 6.45) is 1.01. The van der Waals surface area contributed by atoms with Gasteiger partial charge in [-0.25, -0.2) is 13.6 Å². The summed E-state index contributed by atoms with van der Waals surface area (Å²) in [6.45, 7) is 1.42. The molecular formula is C21H19BF2N4O4. The summed E-state index contributed by atoms with van der Waals surface area (Å²) in [4.78, 5) is 26.4. The molecule has 1 aliphatic rings. The fourth-order valence-electron chi connectivity index (χ4n) is 4.06. The molecule has 1 saturated heterocycles. The smallest absolute Gasteiger partial charge is 0.341 e. The average Bonchev–Trinajstić information content (AvgIpc) is 2.72. The number of anilines is 2. The fraction of sp³-hybridized carbons (Fsp3) is 0.238. The van der Waals surface area contributed by atoms with Crippen LogP contribution in [0.1, 0.15) is 21.5 Å². The van der Waals surface area contributed by atoms with Crippen molar-refractivity contribution in [1.82, 2.24) is 4.57 Å². The Hall–Kier alpha value is -3.44. The van der Waals surface area contributed by atoms with E-state index in [4.69, 9.17) is 19.3 Å². The van der Waals surface area contributed by atoms with E-state index < -0.39 is 35.2 Å². The maximum absolute atomic E-state index is 15.3. The Balaban J connectivity index is 2.21. The van der Waals surface area contributed by atoms with Crippen LogP contribution in [0.5, 0.6) is 0 Å². The highest BCUT2D eigenvalue weighted by Gasteiger charge is 2.31. The van der Waals surface area contributed by atoms with Gasteiger partial charge in [0, 0.05) is 36.5 Å². The van der Waals surface area contributed by atoms with Crippen LogP contribution in [-0.4, -0.2) is 47.7 Å². The monoisotopic (exact) mass is 440 g/mol. The van der Waals surface area contributed by atoms with Crippen molar-refractivity contribution in [3.05, 3.63) is 56.9 Å². The van der Waals surface area contributed by atoms with Crippen molar-refractivity contribution in [2.75, 3.05) is 23.7 Å². The molecule has 4 rings (SSSR count). The SMILES string of the molecule is [B]c1c(N2CC(N)C2)c(F)c(C)c2c(=O)c(C(=O)O)cn(-c3cc(N)c(F)cc3CO)c12. The third kappa shape index (κ3) is 3.12. The maximum atomic E-state index is 15.3. The number of carbonyl (C=O) groups is 1. The minimum atomic E-state index is -1.54. The summed E-state index contributed by atoms with van der Waals surface area (Å²) in [6, 6.07) is 2.02. The number of benzene rings is 2. The molecule has 6 N–H and O–H groups in total. The first-order chi connectivity index (χ1) is 15.1. The zero-order chi connectivity index (χ0) is 23.5. The quantitative estimate of drug-likeness (QED) is 0.339. The number of hydrogen-bond acceptors (Lipinski definition) is 6. The third-order valence-corrected chi connectivity index (χ3v) is 5.71. The lowest BCUT2D eigenvalue weighted by Gasteiger charge is -2.40. The first-order valence-electron chi connectivity index (χ1n) is 9.66. The van der Waals surface area contributed by atoms with Crippen molar-refractivity contribution >= 4 is 41.6 Å². The summed E-state index contributed by atoms with van der Waals surface area (Å²) < 4.78 is 30.6. The lowest BCUT2D eigenvalue weighted by Crippen LogP contribution is -2.57. The Morgan fingerprint density at radius 3 is 2.53 bits per heavy atom. The molecule has 11 heteroatoms. The van der Waals surface area contributed by atoms with E-state index in [1.165, 1.54) is 17.6 Å². The van der Waals surface area contributed by atoms with Gasteiger partial charge in [-0.3, -0.25) is 4.79 Å². The predicted molar refractivity (Wildman–Crippen MR) is 117 cm³/mol. The van der Waals surface area contributed by atoms with Crippen LogP contribution >= 0.6 is 0 Å². The van der Waals surface area contributed by atoms with Gasteiger partial charge in [0.2, 0.25) is 5.43 Å². The van der Waals surface area contributed by atoms with Gasteiger partial charge in [0.25, 0.3) is 0 Å². The number of nitrogen functional groups attached to an aromatic ring is 1. The van der Waals surface area contributed by atoms with Crippen LogP contribution in [0.3, 0.4) is 0 Å². The molecule has 2 heterocycles. The zero-order valence-electron chi connectivity index (χ0n) is 17.0. The van der Waals surface area contributed by atoms with E-state index in [-0.39, 0.29) is 50.6 Å². The van der Waals surface area contributed by atoms with Crippen LogP contribution in [-0.2, 0) is 6.61 Å². The van der Waals surface area contributed by atoms with Crippen molar-refractivity contribution in [3.8, 4) is 5.69 Å². The topological polar surface area (TPSA) is 135 Å². The highest BCUT2D eigenvalue weighted by Crippen LogP contribution is 2.31. The molecule has 3 aromatic rings.